The highest BCUT2D eigenvalue weighted by Crippen LogP contribution is 2.43. The van der Waals surface area contributed by atoms with E-state index in [0.29, 0.717) is 11.2 Å². The van der Waals surface area contributed by atoms with Crippen LogP contribution in [0.5, 0.6) is 0 Å². The summed E-state index contributed by atoms with van der Waals surface area (Å²) >= 11 is 3.77. The van der Waals surface area contributed by atoms with Crippen molar-refractivity contribution in [3.05, 3.63) is 162 Å². The Morgan fingerprint density at radius 3 is 1.53 bits per heavy atom. The van der Waals surface area contributed by atoms with Crippen molar-refractivity contribution >= 4 is 15.9 Å². The van der Waals surface area contributed by atoms with Gasteiger partial charge in [-0.1, -0.05) is 155 Å². The van der Waals surface area contributed by atoms with Crippen molar-refractivity contribution in [2.24, 2.45) is 0 Å². The summed E-state index contributed by atoms with van der Waals surface area (Å²) in [5.41, 5.74) is 6.86. The monoisotopic (exact) mass is 556 g/mol. The highest BCUT2D eigenvalue weighted by Gasteiger charge is 2.42. The Bertz CT molecular complexity index is 1540. The molecule has 1 heterocycles. The highest BCUT2D eigenvalue weighted by atomic mass is 79.9. The Morgan fingerprint density at radius 1 is 0.553 bits per heavy atom. The number of halogens is 1. The van der Waals surface area contributed by atoms with Crippen LogP contribution in [0.25, 0.3) is 22.5 Å². The first-order chi connectivity index (χ1) is 18.8. The molecule has 0 atom stereocenters. The highest BCUT2D eigenvalue weighted by molar-refractivity contribution is 9.08. The van der Waals surface area contributed by atoms with Crippen LogP contribution in [0.4, 0.5) is 0 Å². The molecular formula is C33H25BrN4. The zero-order valence-corrected chi connectivity index (χ0v) is 22.2. The van der Waals surface area contributed by atoms with Gasteiger partial charge >= 0.3 is 0 Å². The standard InChI is InChI=1S/C33H25BrN4/c34-24-31-29(25-14-5-1-6-15-25)22-13-23-30(31)32-35-36-37-38(32)33(26-16-7-2-8-17-26,27-18-9-3-10-19-27)28-20-11-4-12-21-28/h1-23H,24H2. The minimum absolute atomic E-state index is 0.662. The van der Waals surface area contributed by atoms with Crippen LogP contribution in [0.2, 0.25) is 0 Å². The van der Waals surface area contributed by atoms with E-state index in [1.165, 1.54) is 0 Å². The van der Waals surface area contributed by atoms with Crippen LogP contribution in [-0.2, 0) is 10.9 Å². The lowest BCUT2D eigenvalue weighted by Crippen LogP contribution is -2.39. The van der Waals surface area contributed by atoms with E-state index in [0.717, 1.165) is 38.9 Å². The fraction of sp³-hybridized carbons (Fsp3) is 0.0606. The molecule has 4 nitrogen and oxygen atoms in total. The van der Waals surface area contributed by atoms with Crippen LogP contribution in [0, 0.1) is 0 Å². The van der Waals surface area contributed by atoms with Gasteiger partial charge in [-0.25, -0.2) is 4.68 Å². The van der Waals surface area contributed by atoms with Gasteiger partial charge in [0.1, 0.15) is 5.54 Å². The van der Waals surface area contributed by atoms with Crippen LogP contribution in [0.15, 0.2) is 140 Å². The first kappa shape index (κ1) is 24.0. The Morgan fingerprint density at radius 2 is 1.03 bits per heavy atom. The minimum atomic E-state index is -0.797. The van der Waals surface area contributed by atoms with Gasteiger partial charge in [-0.3, -0.25) is 0 Å². The van der Waals surface area contributed by atoms with Gasteiger partial charge in [0.25, 0.3) is 0 Å². The summed E-state index contributed by atoms with van der Waals surface area (Å²) in [6, 6.07) is 48.2. The summed E-state index contributed by atoms with van der Waals surface area (Å²) in [5.74, 6) is 0.703. The van der Waals surface area contributed by atoms with Crippen LogP contribution >= 0.6 is 15.9 Å². The molecule has 0 amide bonds. The zero-order valence-electron chi connectivity index (χ0n) is 20.7. The largest absolute Gasteiger partial charge is 0.205 e. The third-order valence-corrected chi connectivity index (χ3v) is 7.56. The molecule has 0 aliphatic rings. The van der Waals surface area contributed by atoms with E-state index >= 15 is 0 Å². The quantitative estimate of drug-likeness (QED) is 0.149. The van der Waals surface area contributed by atoms with Gasteiger partial charge in [0.15, 0.2) is 5.82 Å². The fourth-order valence-electron chi connectivity index (χ4n) is 5.31. The van der Waals surface area contributed by atoms with E-state index in [9.17, 15) is 0 Å². The van der Waals surface area contributed by atoms with E-state index in [-0.39, 0.29) is 0 Å². The molecule has 0 spiro atoms. The summed E-state index contributed by atoms with van der Waals surface area (Å²) in [6.45, 7) is 0. The predicted molar refractivity (Wildman–Crippen MR) is 156 cm³/mol. The Balaban J connectivity index is 1.69. The average molecular weight is 557 g/mol. The van der Waals surface area contributed by atoms with Gasteiger partial charge in [0, 0.05) is 10.9 Å². The van der Waals surface area contributed by atoms with Gasteiger partial charge in [-0.15, -0.1) is 5.10 Å². The maximum atomic E-state index is 4.71. The lowest BCUT2D eigenvalue weighted by molar-refractivity contribution is 0.451. The molecular weight excluding hydrogens is 532 g/mol. The Kier molecular flexibility index (Phi) is 6.67. The molecule has 0 aliphatic heterocycles. The topological polar surface area (TPSA) is 43.6 Å². The molecule has 38 heavy (non-hydrogen) atoms. The first-order valence-corrected chi connectivity index (χ1v) is 13.6. The molecule has 0 saturated carbocycles. The molecule has 0 fully saturated rings. The van der Waals surface area contributed by atoms with Crippen molar-refractivity contribution in [3.8, 4) is 22.5 Å². The maximum absolute atomic E-state index is 4.71. The molecule has 0 radical (unpaired) electrons. The molecule has 0 unspecified atom stereocenters. The molecule has 1 aromatic heterocycles. The second-order valence-corrected chi connectivity index (χ2v) is 9.61. The summed E-state index contributed by atoms with van der Waals surface area (Å²) < 4.78 is 1.99. The number of hydrogen-bond acceptors (Lipinski definition) is 3. The van der Waals surface area contributed by atoms with Gasteiger partial charge in [-0.05, 0) is 43.8 Å². The molecule has 0 aliphatic carbocycles. The van der Waals surface area contributed by atoms with Crippen molar-refractivity contribution in [1.29, 1.82) is 0 Å². The van der Waals surface area contributed by atoms with Crippen molar-refractivity contribution in [3.63, 3.8) is 0 Å². The average Bonchev–Trinajstić information content (AvgIpc) is 3.49. The molecule has 5 heteroatoms. The SMILES string of the molecule is BrCc1c(-c2ccccc2)cccc1-c1nnnn1C(c1ccccc1)(c1ccccc1)c1ccccc1. The van der Waals surface area contributed by atoms with Crippen LogP contribution in [0.1, 0.15) is 22.3 Å². The molecule has 0 bridgehead atoms. The molecule has 184 valence electrons. The molecule has 0 N–H and O–H groups in total. The number of hydrogen-bond donors (Lipinski definition) is 0. The summed E-state index contributed by atoms with van der Waals surface area (Å²) in [5, 5.41) is 14.3. The molecule has 6 rings (SSSR count). The molecule has 5 aromatic carbocycles. The normalized spacial score (nSPS) is 11.4. The third-order valence-electron chi connectivity index (χ3n) is 7.00. The van der Waals surface area contributed by atoms with E-state index in [1.807, 2.05) is 28.9 Å². The Labute approximate surface area is 230 Å². The zero-order chi connectivity index (χ0) is 25.8. The number of alkyl halides is 1. The predicted octanol–water partition coefficient (Wildman–Crippen LogP) is 7.74. The lowest BCUT2D eigenvalue weighted by atomic mass is 9.77. The number of nitrogens with zero attached hydrogens (tertiary/aromatic N) is 4. The van der Waals surface area contributed by atoms with Gasteiger partial charge < -0.3 is 0 Å². The number of rotatable bonds is 7. The van der Waals surface area contributed by atoms with Gasteiger partial charge in [0.2, 0.25) is 0 Å². The van der Waals surface area contributed by atoms with E-state index in [2.05, 4.69) is 142 Å². The van der Waals surface area contributed by atoms with Crippen molar-refractivity contribution in [2.75, 3.05) is 0 Å². The Hall–Kier alpha value is -4.35. The number of benzene rings is 5. The van der Waals surface area contributed by atoms with E-state index in [1.54, 1.807) is 0 Å². The van der Waals surface area contributed by atoms with E-state index < -0.39 is 5.54 Å². The summed E-state index contributed by atoms with van der Waals surface area (Å²) in [6.07, 6.45) is 0. The lowest BCUT2D eigenvalue weighted by Gasteiger charge is -2.36. The molecule has 0 saturated heterocycles. The van der Waals surface area contributed by atoms with Crippen molar-refractivity contribution in [1.82, 2.24) is 20.2 Å². The maximum Gasteiger partial charge on any atom is 0.183 e. The van der Waals surface area contributed by atoms with Crippen molar-refractivity contribution < 1.29 is 0 Å². The first-order valence-electron chi connectivity index (χ1n) is 12.5. The second-order valence-electron chi connectivity index (χ2n) is 9.05. The van der Waals surface area contributed by atoms with E-state index in [4.69, 9.17) is 5.21 Å². The smallest absolute Gasteiger partial charge is 0.183 e. The van der Waals surface area contributed by atoms with Crippen LogP contribution in [0.3, 0.4) is 0 Å². The summed E-state index contributed by atoms with van der Waals surface area (Å²) in [4.78, 5) is 0. The number of tetrazole rings is 1. The second kappa shape index (κ2) is 10.6. The third kappa shape index (κ3) is 4.05. The van der Waals surface area contributed by atoms with Gasteiger partial charge in [-0.2, -0.15) is 0 Å². The fourth-order valence-corrected chi connectivity index (χ4v) is 5.92. The molecule has 6 aromatic rings. The number of aromatic nitrogens is 4. The minimum Gasteiger partial charge on any atom is -0.205 e. The van der Waals surface area contributed by atoms with Gasteiger partial charge in [0.05, 0.1) is 0 Å². The van der Waals surface area contributed by atoms with Crippen LogP contribution < -0.4 is 0 Å². The van der Waals surface area contributed by atoms with Crippen molar-refractivity contribution in [2.45, 2.75) is 10.9 Å². The summed E-state index contributed by atoms with van der Waals surface area (Å²) in [7, 11) is 0. The van der Waals surface area contributed by atoms with Crippen LogP contribution in [-0.4, -0.2) is 20.2 Å².